The van der Waals surface area contributed by atoms with Crippen LogP contribution < -0.4 is 5.14 Å². The number of halogens is 1. The predicted octanol–water partition coefficient (Wildman–Crippen LogP) is 0.864. The lowest BCUT2D eigenvalue weighted by Crippen LogP contribution is -2.12. The number of benzene rings is 1. The first kappa shape index (κ1) is 9.45. The standard InChI is InChI=1S/C7H6ClN3O2S/c8-4-1-2-5-6(3-4)10-11-7(5)14(9,12)13/h1-3H,(H,10,11)(H2,9,12,13). The van der Waals surface area contributed by atoms with Crippen LogP contribution in [0.5, 0.6) is 0 Å². The molecule has 0 saturated heterocycles. The van der Waals surface area contributed by atoms with Crippen molar-refractivity contribution in [2.45, 2.75) is 5.03 Å². The second-order valence-corrected chi connectivity index (χ2v) is 4.69. The minimum atomic E-state index is -3.76. The van der Waals surface area contributed by atoms with Gasteiger partial charge in [-0.05, 0) is 18.2 Å². The topological polar surface area (TPSA) is 88.8 Å². The van der Waals surface area contributed by atoms with Gasteiger partial charge in [0.2, 0.25) is 0 Å². The number of nitrogens with zero attached hydrogens (tertiary/aromatic N) is 1. The minimum absolute atomic E-state index is 0.0934. The lowest BCUT2D eigenvalue weighted by atomic mass is 10.3. The molecule has 0 aliphatic rings. The van der Waals surface area contributed by atoms with Gasteiger partial charge in [0.25, 0.3) is 10.0 Å². The Morgan fingerprint density at radius 1 is 1.43 bits per heavy atom. The largest absolute Gasteiger partial charge is 0.265 e. The highest BCUT2D eigenvalue weighted by Crippen LogP contribution is 2.22. The van der Waals surface area contributed by atoms with E-state index in [4.69, 9.17) is 16.7 Å². The summed E-state index contributed by atoms with van der Waals surface area (Å²) in [7, 11) is -3.76. The van der Waals surface area contributed by atoms with Crippen LogP contribution in [0, 0.1) is 0 Å². The first-order valence-electron chi connectivity index (χ1n) is 3.65. The Morgan fingerprint density at radius 2 is 2.14 bits per heavy atom. The van der Waals surface area contributed by atoms with Crippen molar-refractivity contribution in [2.75, 3.05) is 0 Å². The molecule has 1 aromatic heterocycles. The first-order chi connectivity index (χ1) is 6.48. The van der Waals surface area contributed by atoms with Gasteiger partial charge in [-0.1, -0.05) is 11.6 Å². The molecule has 0 saturated carbocycles. The van der Waals surface area contributed by atoms with Gasteiger partial charge in [-0.15, -0.1) is 0 Å². The van der Waals surface area contributed by atoms with Gasteiger partial charge < -0.3 is 0 Å². The Balaban J connectivity index is 2.83. The molecular formula is C7H6ClN3O2S. The Hall–Kier alpha value is -1.11. The van der Waals surface area contributed by atoms with Crippen molar-refractivity contribution >= 4 is 32.5 Å². The van der Waals surface area contributed by atoms with Gasteiger partial charge in [0.15, 0.2) is 5.03 Å². The Labute approximate surface area is 84.9 Å². The molecule has 14 heavy (non-hydrogen) atoms. The number of fused-ring (bicyclic) bond motifs is 1. The molecule has 0 atom stereocenters. The number of hydrogen-bond acceptors (Lipinski definition) is 3. The molecule has 0 fully saturated rings. The number of H-pyrrole nitrogens is 1. The van der Waals surface area contributed by atoms with Crippen molar-refractivity contribution in [3.8, 4) is 0 Å². The number of sulfonamides is 1. The molecule has 0 unspecified atom stereocenters. The fraction of sp³-hybridized carbons (Fsp3) is 0. The number of nitrogens with one attached hydrogen (secondary N) is 1. The van der Waals surface area contributed by atoms with Gasteiger partial charge in [0.05, 0.1) is 5.52 Å². The summed E-state index contributed by atoms with van der Waals surface area (Å²) in [5, 5.41) is 11.9. The predicted molar refractivity (Wildman–Crippen MR) is 52.5 cm³/mol. The van der Waals surface area contributed by atoms with E-state index in [1.807, 2.05) is 0 Å². The molecule has 0 amide bonds. The fourth-order valence-electron chi connectivity index (χ4n) is 1.18. The van der Waals surface area contributed by atoms with E-state index in [9.17, 15) is 8.42 Å². The van der Waals surface area contributed by atoms with Crippen LogP contribution in [0.15, 0.2) is 23.2 Å². The highest BCUT2D eigenvalue weighted by Gasteiger charge is 2.15. The quantitative estimate of drug-likeness (QED) is 0.763. The van der Waals surface area contributed by atoms with Crippen LogP contribution in [0.1, 0.15) is 0 Å². The molecule has 3 N–H and O–H groups in total. The van der Waals surface area contributed by atoms with Crippen LogP contribution in [0.2, 0.25) is 5.02 Å². The lowest BCUT2D eigenvalue weighted by Gasteiger charge is -1.93. The summed E-state index contributed by atoms with van der Waals surface area (Å²) < 4.78 is 22.1. The minimum Gasteiger partial charge on any atom is -0.265 e. The lowest BCUT2D eigenvalue weighted by molar-refractivity contribution is 0.594. The van der Waals surface area contributed by atoms with Gasteiger partial charge in [-0.3, -0.25) is 5.10 Å². The summed E-state index contributed by atoms with van der Waals surface area (Å²) in [6, 6.07) is 4.69. The van der Waals surface area contributed by atoms with Gasteiger partial charge in [-0.2, -0.15) is 5.10 Å². The zero-order valence-corrected chi connectivity index (χ0v) is 8.43. The number of hydrogen-bond donors (Lipinski definition) is 2. The second-order valence-electron chi connectivity index (χ2n) is 2.76. The van der Waals surface area contributed by atoms with E-state index in [0.29, 0.717) is 15.9 Å². The van der Waals surface area contributed by atoms with Crippen LogP contribution >= 0.6 is 11.6 Å². The molecule has 0 bridgehead atoms. The van der Waals surface area contributed by atoms with Crippen molar-refractivity contribution in [3.05, 3.63) is 23.2 Å². The van der Waals surface area contributed by atoms with Crippen LogP contribution in [0.3, 0.4) is 0 Å². The van der Waals surface area contributed by atoms with E-state index < -0.39 is 10.0 Å². The molecule has 2 aromatic rings. The van der Waals surface area contributed by atoms with E-state index in [-0.39, 0.29) is 5.03 Å². The highest BCUT2D eigenvalue weighted by atomic mass is 35.5. The van der Waals surface area contributed by atoms with E-state index >= 15 is 0 Å². The third-order valence-electron chi connectivity index (χ3n) is 1.77. The van der Waals surface area contributed by atoms with E-state index in [1.165, 1.54) is 0 Å². The monoisotopic (exact) mass is 231 g/mol. The van der Waals surface area contributed by atoms with Crippen LogP contribution in [-0.4, -0.2) is 18.6 Å². The Bertz CT molecular complexity index is 590. The van der Waals surface area contributed by atoms with Crippen LogP contribution in [0.4, 0.5) is 0 Å². The number of aromatic amines is 1. The van der Waals surface area contributed by atoms with E-state index in [0.717, 1.165) is 0 Å². The molecule has 1 heterocycles. The molecule has 0 aliphatic heterocycles. The van der Waals surface area contributed by atoms with Gasteiger partial charge >= 0.3 is 0 Å². The van der Waals surface area contributed by atoms with Crippen molar-refractivity contribution < 1.29 is 8.42 Å². The average molecular weight is 232 g/mol. The zero-order valence-electron chi connectivity index (χ0n) is 6.86. The van der Waals surface area contributed by atoms with Gasteiger partial charge in [0.1, 0.15) is 0 Å². The molecule has 1 aromatic carbocycles. The third kappa shape index (κ3) is 1.47. The number of primary sulfonamides is 1. The summed E-state index contributed by atoms with van der Waals surface area (Å²) in [4.78, 5) is 0. The third-order valence-corrected chi connectivity index (χ3v) is 2.88. The molecule has 2 rings (SSSR count). The molecule has 0 spiro atoms. The number of nitrogens with two attached hydrogens (primary N) is 1. The van der Waals surface area contributed by atoms with Crippen molar-refractivity contribution in [3.63, 3.8) is 0 Å². The summed E-state index contributed by atoms with van der Waals surface area (Å²) in [5.74, 6) is 0. The average Bonchev–Trinajstić information content (AvgIpc) is 2.45. The highest BCUT2D eigenvalue weighted by molar-refractivity contribution is 7.89. The maximum atomic E-state index is 11.1. The van der Waals surface area contributed by atoms with Crippen molar-refractivity contribution in [2.24, 2.45) is 5.14 Å². The van der Waals surface area contributed by atoms with Crippen molar-refractivity contribution in [1.29, 1.82) is 0 Å². The fourth-order valence-corrected chi connectivity index (χ4v) is 2.00. The molecule has 0 aliphatic carbocycles. The van der Waals surface area contributed by atoms with Crippen LogP contribution in [-0.2, 0) is 10.0 Å². The summed E-state index contributed by atoms with van der Waals surface area (Å²) in [5.41, 5.74) is 0.474. The normalized spacial score (nSPS) is 12.1. The van der Waals surface area contributed by atoms with E-state index in [2.05, 4.69) is 10.2 Å². The maximum Gasteiger partial charge on any atom is 0.255 e. The molecule has 7 heteroatoms. The molecule has 74 valence electrons. The number of aromatic nitrogens is 2. The Morgan fingerprint density at radius 3 is 2.79 bits per heavy atom. The maximum absolute atomic E-state index is 11.1. The smallest absolute Gasteiger partial charge is 0.255 e. The molecule has 0 radical (unpaired) electrons. The van der Waals surface area contributed by atoms with E-state index in [1.54, 1.807) is 18.2 Å². The first-order valence-corrected chi connectivity index (χ1v) is 5.57. The SMILES string of the molecule is NS(=O)(=O)c1[nH]nc2cc(Cl)ccc12. The number of rotatable bonds is 1. The Kier molecular flexibility index (Phi) is 1.99. The van der Waals surface area contributed by atoms with Crippen LogP contribution in [0.25, 0.3) is 10.9 Å². The second kappa shape index (κ2) is 2.94. The molecular weight excluding hydrogens is 226 g/mol. The van der Waals surface area contributed by atoms with Gasteiger partial charge in [-0.25, -0.2) is 13.6 Å². The van der Waals surface area contributed by atoms with Crippen molar-refractivity contribution in [1.82, 2.24) is 10.2 Å². The zero-order chi connectivity index (χ0) is 10.3. The van der Waals surface area contributed by atoms with Gasteiger partial charge in [0, 0.05) is 10.4 Å². The summed E-state index contributed by atoms with van der Waals surface area (Å²) >= 11 is 5.71. The summed E-state index contributed by atoms with van der Waals surface area (Å²) in [6.07, 6.45) is 0. The molecule has 5 nitrogen and oxygen atoms in total. The summed E-state index contributed by atoms with van der Waals surface area (Å²) in [6.45, 7) is 0.